The Balaban J connectivity index is 1.98. The van der Waals surface area contributed by atoms with Crippen molar-refractivity contribution >= 4 is 0 Å². The number of hydrogen-bond acceptors (Lipinski definition) is 1. The molecule has 1 unspecified atom stereocenters. The van der Waals surface area contributed by atoms with E-state index in [-0.39, 0.29) is 11.5 Å². The van der Waals surface area contributed by atoms with Gasteiger partial charge in [-0.25, -0.2) is 0 Å². The van der Waals surface area contributed by atoms with E-state index >= 15 is 0 Å². The van der Waals surface area contributed by atoms with Crippen molar-refractivity contribution in [1.29, 1.82) is 0 Å². The van der Waals surface area contributed by atoms with Crippen LogP contribution in [0.2, 0.25) is 0 Å². The summed E-state index contributed by atoms with van der Waals surface area (Å²) in [7, 11) is 0. The highest BCUT2D eigenvalue weighted by Crippen LogP contribution is 2.32. The van der Waals surface area contributed by atoms with Gasteiger partial charge in [-0.05, 0) is 35.3 Å². The van der Waals surface area contributed by atoms with E-state index in [1.54, 1.807) is 0 Å². The lowest BCUT2D eigenvalue weighted by Crippen LogP contribution is -2.18. The maximum absolute atomic E-state index is 6.42. The molecule has 1 aliphatic rings. The second kappa shape index (κ2) is 6.76. The molecule has 112 valence electrons. The fourth-order valence-electron chi connectivity index (χ4n) is 3.30. The van der Waals surface area contributed by atoms with E-state index in [0.717, 1.165) is 12.3 Å². The van der Waals surface area contributed by atoms with Gasteiger partial charge >= 0.3 is 0 Å². The Hall–Kier alpha value is -0.820. The summed E-state index contributed by atoms with van der Waals surface area (Å²) in [6.07, 6.45) is 9.33. The van der Waals surface area contributed by atoms with Gasteiger partial charge in [-0.3, -0.25) is 0 Å². The summed E-state index contributed by atoms with van der Waals surface area (Å²) in [5.74, 6) is 0.852. The summed E-state index contributed by atoms with van der Waals surface area (Å²) in [6.45, 7) is 6.87. The van der Waals surface area contributed by atoms with Crippen molar-refractivity contribution < 1.29 is 0 Å². The van der Waals surface area contributed by atoms with Gasteiger partial charge in [-0.15, -0.1) is 0 Å². The van der Waals surface area contributed by atoms with Crippen LogP contribution in [-0.2, 0) is 5.41 Å². The highest BCUT2D eigenvalue weighted by Gasteiger charge is 2.20. The Morgan fingerprint density at radius 2 is 1.70 bits per heavy atom. The van der Waals surface area contributed by atoms with Gasteiger partial charge in [-0.1, -0.05) is 77.1 Å². The minimum Gasteiger partial charge on any atom is -0.324 e. The Morgan fingerprint density at radius 3 is 2.25 bits per heavy atom. The molecular weight excluding hydrogens is 242 g/mol. The average Bonchev–Trinajstić information content (AvgIpc) is 2.48. The van der Waals surface area contributed by atoms with Crippen LogP contribution in [0.4, 0.5) is 0 Å². The number of benzene rings is 1. The molecule has 1 aromatic rings. The summed E-state index contributed by atoms with van der Waals surface area (Å²) in [5, 5.41) is 0. The van der Waals surface area contributed by atoms with Crippen molar-refractivity contribution in [2.24, 2.45) is 11.7 Å². The van der Waals surface area contributed by atoms with Gasteiger partial charge in [0.1, 0.15) is 0 Å². The van der Waals surface area contributed by atoms with Gasteiger partial charge in [0.2, 0.25) is 0 Å². The third kappa shape index (κ3) is 3.85. The van der Waals surface area contributed by atoms with Gasteiger partial charge in [0.05, 0.1) is 0 Å². The molecule has 1 fully saturated rings. The monoisotopic (exact) mass is 273 g/mol. The number of hydrogen-bond donors (Lipinski definition) is 1. The van der Waals surface area contributed by atoms with Crippen LogP contribution < -0.4 is 5.73 Å². The molecule has 0 aromatic heterocycles. The minimum absolute atomic E-state index is 0.219. The zero-order chi connectivity index (χ0) is 14.6. The quantitative estimate of drug-likeness (QED) is 0.769. The van der Waals surface area contributed by atoms with E-state index < -0.39 is 0 Å². The predicted molar refractivity (Wildman–Crippen MR) is 87.9 cm³/mol. The van der Waals surface area contributed by atoms with Crippen LogP contribution in [0.1, 0.15) is 82.9 Å². The van der Waals surface area contributed by atoms with Crippen LogP contribution in [0.5, 0.6) is 0 Å². The lowest BCUT2D eigenvalue weighted by atomic mass is 9.80. The molecule has 1 atom stereocenters. The summed E-state index contributed by atoms with van der Waals surface area (Å²) in [5.41, 5.74) is 9.42. The van der Waals surface area contributed by atoms with E-state index in [2.05, 4.69) is 45.0 Å². The van der Waals surface area contributed by atoms with Crippen molar-refractivity contribution in [3.05, 3.63) is 35.4 Å². The SMILES string of the molecule is CCC(C)(C)c1ccc(C(N)CC2CCCCC2)cc1. The normalized spacial score (nSPS) is 19.0. The van der Waals surface area contributed by atoms with Gasteiger partial charge < -0.3 is 5.73 Å². The smallest absolute Gasteiger partial charge is 0.0297 e. The molecule has 0 amide bonds. The Kier molecular flexibility index (Phi) is 5.26. The molecule has 1 aliphatic carbocycles. The molecule has 1 nitrogen and oxygen atoms in total. The third-order valence-corrected chi connectivity index (χ3v) is 5.32. The molecule has 1 heteroatoms. The highest BCUT2D eigenvalue weighted by molar-refractivity contribution is 5.29. The number of rotatable bonds is 5. The molecule has 1 aromatic carbocycles. The highest BCUT2D eigenvalue weighted by atomic mass is 14.6. The van der Waals surface area contributed by atoms with Crippen LogP contribution in [0.25, 0.3) is 0 Å². The zero-order valence-electron chi connectivity index (χ0n) is 13.5. The van der Waals surface area contributed by atoms with Gasteiger partial charge in [0.25, 0.3) is 0 Å². The molecule has 0 aliphatic heterocycles. The predicted octanol–water partition coefficient (Wildman–Crippen LogP) is 5.34. The fraction of sp³-hybridized carbons (Fsp3) is 0.684. The minimum atomic E-state index is 0.219. The molecule has 2 rings (SSSR count). The maximum atomic E-state index is 6.42. The molecule has 0 bridgehead atoms. The van der Waals surface area contributed by atoms with E-state index in [1.807, 2.05) is 0 Å². The van der Waals surface area contributed by atoms with Crippen LogP contribution >= 0.6 is 0 Å². The van der Waals surface area contributed by atoms with Crippen LogP contribution in [0.15, 0.2) is 24.3 Å². The van der Waals surface area contributed by atoms with Gasteiger partial charge in [0, 0.05) is 6.04 Å². The molecular formula is C19H31N. The lowest BCUT2D eigenvalue weighted by Gasteiger charge is -2.26. The first-order chi connectivity index (χ1) is 9.53. The second-order valence-electron chi connectivity index (χ2n) is 7.21. The lowest BCUT2D eigenvalue weighted by molar-refractivity contribution is 0.319. The maximum Gasteiger partial charge on any atom is 0.0297 e. The molecule has 20 heavy (non-hydrogen) atoms. The summed E-state index contributed by atoms with van der Waals surface area (Å²) < 4.78 is 0. The van der Waals surface area contributed by atoms with Crippen molar-refractivity contribution in [3.63, 3.8) is 0 Å². The van der Waals surface area contributed by atoms with Crippen LogP contribution in [0, 0.1) is 5.92 Å². The first-order valence-electron chi connectivity index (χ1n) is 8.39. The van der Waals surface area contributed by atoms with Crippen molar-refractivity contribution in [1.82, 2.24) is 0 Å². The molecule has 0 radical (unpaired) electrons. The Labute approximate surface area is 125 Å². The summed E-state index contributed by atoms with van der Waals surface area (Å²) in [6, 6.07) is 9.27. The molecule has 2 N–H and O–H groups in total. The van der Waals surface area contributed by atoms with Crippen LogP contribution in [0.3, 0.4) is 0 Å². The largest absolute Gasteiger partial charge is 0.324 e. The molecule has 0 heterocycles. The van der Waals surface area contributed by atoms with Crippen molar-refractivity contribution in [2.45, 2.75) is 77.2 Å². The zero-order valence-corrected chi connectivity index (χ0v) is 13.5. The molecule has 0 saturated heterocycles. The van der Waals surface area contributed by atoms with Crippen molar-refractivity contribution in [3.8, 4) is 0 Å². The van der Waals surface area contributed by atoms with Gasteiger partial charge in [0.15, 0.2) is 0 Å². The third-order valence-electron chi connectivity index (χ3n) is 5.32. The standard InChI is InChI=1S/C19H31N/c1-4-19(2,3)17-12-10-16(11-13-17)18(20)14-15-8-6-5-7-9-15/h10-13,15,18H,4-9,14,20H2,1-3H3. The first-order valence-corrected chi connectivity index (χ1v) is 8.39. The Bertz CT molecular complexity index is 398. The number of nitrogens with two attached hydrogens (primary N) is 1. The van der Waals surface area contributed by atoms with E-state index in [1.165, 1.54) is 49.7 Å². The van der Waals surface area contributed by atoms with Crippen LogP contribution in [-0.4, -0.2) is 0 Å². The Morgan fingerprint density at radius 1 is 1.10 bits per heavy atom. The second-order valence-corrected chi connectivity index (χ2v) is 7.21. The molecule has 1 saturated carbocycles. The topological polar surface area (TPSA) is 26.0 Å². The summed E-state index contributed by atoms with van der Waals surface area (Å²) >= 11 is 0. The van der Waals surface area contributed by atoms with E-state index in [4.69, 9.17) is 5.73 Å². The van der Waals surface area contributed by atoms with Crippen molar-refractivity contribution in [2.75, 3.05) is 0 Å². The molecule has 0 spiro atoms. The fourth-order valence-corrected chi connectivity index (χ4v) is 3.30. The first kappa shape index (κ1) is 15.6. The average molecular weight is 273 g/mol. The van der Waals surface area contributed by atoms with Gasteiger partial charge in [-0.2, -0.15) is 0 Å². The summed E-state index contributed by atoms with van der Waals surface area (Å²) in [4.78, 5) is 0. The van der Waals surface area contributed by atoms with E-state index in [0.29, 0.717) is 0 Å². The van der Waals surface area contributed by atoms with E-state index in [9.17, 15) is 0 Å².